The fraction of sp³-hybridized carbons (Fsp3) is 0.222. The van der Waals surface area contributed by atoms with Crippen molar-refractivity contribution in [3.63, 3.8) is 0 Å². The molecule has 6 nitrogen and oxygen atoms in total. The Morgan fingerprint density at radius 2 is 1.73 bits per heavy atom. The van der Waals surface area contributed by atoms with Gasteiger partial charge in [0.05, 0.1) is 17.2 Å². The minimum Gasteiger partial charge on any atom is -0.481 e. The largest absolute Gasteiger partial charge is 0.481 e. The van der Waals surface area contributed by atoms with Gasteiger partial charge in [-0.15, -0.1) is 0 Å². The molecule has 1 unspecified atom stereocenters. The molecule has 2 aromatic rings. The number of hydrogen-bond donors (Lipinski definition) is 1. The lowest BCUT2D eigenvalue weighted by Crippen LogP contribution is -2.30. The van der Waals surface area contributed by atoms with Crippen molar-refractivity contribution in [3.8, 4) is 5.75 Å². The highest BCUT2D eigenvalue weighted by Gasteiger charge is 2.16. The Labute approximate surface area is 161 Å². The molecule has 0 heterocycles. The SMILES string of the molecule is COC(=O)N(C)c1ccc(NC(=O)C(C)Oc2ccc(Cl)c(Cl)c2)cc1. The number of nitrogens with one attached hydrogen (secondary N) is 1. The number of halogens is 2. The maximum Gasteiger partial charge on any atom is 0.413 e. The number of benzene rings is 2. The van der Waals surface area contributed by atoms with E-state index in [1.54, 1.807) is 56.4 Å². The fourth-order valence-electron chi connectivity index (χ4n) is 2.06. The van der Waals surface area contributed by atoms with E-state index in [0.29, 0.717) is 27.2 Å². The summed E-state index contributed by atoms with van der Waals surface area (Å²) in [5, 5.41) is 3.50. The number of rotatable bonds is 5. The van der Waals surface area contributed by atoms with Crippen LogP contribution in [0.15, 0.2) is 42.5 Å². The molecule has 0 aromatic heterocycles. The van der Waals surface area contributed by atoms with E-state index in [1.165, 1.54) is 12.0 Å². The van der Waals surface area contributed by atoms with Gasteiger partial charge >= 0.3 is 6.09 Å². The number of ether oxygens (including phenoxy) is 2. The van der Waals surface area contributed by atoms with E-state index in [1.807, 2.05) is 0 Å². The van der Waals surface area contributed by atoms with E-state index >= 15 is 0 Å². The summed E-state index contributed by atoms with van der Waals surface area (Å²) in [5.74, 6) is 0.113. The number of nitrogens with zero attached hydrogens (tertiary/aromatic N) is 1. The molecule has 0 spiro atoms. The summed E-state index contributed by atoms with van der Waals surface area (Å²) in [7, 11) is 2.90. The molecular weight excluding hydrogens is 379 g/mol. The molecule has 0 aliphatic carbocycles. The quantitative estimate of drug-likeness (QED) is 0.801. The average molecular weight is 397 g/mol. The fourth-order valence-corrected chi connectivity index (χ4v) is 2.35. The van der Waals surface area contributed by atoms with E-state index in [9.17, 15) is 9.59 Å². The van der Waals surface area contributed by atoms with Gasteiger partial charge in [0.2, 0.25) is 0 Å². The van der Waals surface area contributed by atoms with E-state index in [4.69, 9.17) is 27.9 Å². The molecule has 1 atom stereocenters. The standard InChI is InChI=1S/C18H18Cl2N2O4/c1-11(26-14-8-9-15(19)16(20)10-14)17(23)21-12-4-6-13(7-5-12)22(2)18(24)25-3/h4-11H,1-3H3,(H,21,23). The van der Waals surface area contributed by atoms with Crippen molar-refractivity contribution in [3.05, 3.63) is 52.5 Å². The third-order valence-electron chi connectivity index (χ3n) is 3.54. The van der Waals surface area contributed by atoms with Crippen LogP contribution in [0, 0.1) is 0 Å². The number of amides is 2. The molecule has 8 heteroatoms. The van der Waals surface area contributed by atoms with Gasteiger partial charge in [-0.1, -0.05) is 23.2 Å². The van der Waals surface area contributed by atoms with Crippen LogP contribution in [0.5, 0.6) is 5.75 Å². The van der Waals surface area contributed by atoms with E-state index in [0.717, 1.165) is 0 Å². The summed E-state index contributed by atoms with van der Waals surface area (Å²) in [5.41, 5.74) is 1.21. The number of hydrogen-bond acceptors (Lipinski definition) is 4. The van der Waals surface area contributed by atoms with Gasteiger partial charge in [0.25, 0.3) is 5.91 Å². The minimum absolute atomic E-state index is 0.329. The third-order valence-corrected chi connectivity index (χ3v) is 4.28. The topological polar surface area (TPSA) is 67.9 Å². The lowest BCUT2D eigenvalue weighted by Gasteiger charge is -2.17. The van der Waals surface area contributed by atoms with Crippen LogP contribution in [0.2, 0.25) is 10.0 Å². The molecule has 0 bridgehead atoms. The zero-order chi connectivity index (χ0) is 19.3. The molecule has 26 heavy (non-hydrogen) atoms. The van der Waals surface area contributed by atoms with Crippen molar-refractivity contribution in [1.82, 2.24) is 0 Å². The van der Waals surface area contributed by atoms with Crippen molar-refractivity contribution in [2.24, 2.45) is 0 Å². The minimum atomic E-state index is -0.746. The van der Waals surface area contributed by atoms with Gasteiger partial charge in [0.15, 0.2) is 6.10 Å². The Morgan fingerprint density at radius 1 is 1.08 bits per heavy atom. The van der Waals surface area contributed by atoms with Gasteiger partial charge in [-0.2, -0.15) is 0 Å². The number of anilines is 2. The van der Waals surface area contributed by atoms with E-state index in [2.05, 4.69) is 10.1 Å². The van der Waals surface area contributed by atoms with Gasteiger partial charge in [-0.3, -0.25) is 9.69 Å². The average Bonchev–Trinajstić information content (AvgIpc) is 2.64. The Kier molecular flexibility index (Phi) is 6.71. The predicted octanol–water partition coefficient (Wildman–Crippen LogP) is 4.60. The molecule has 0 saturated carbocycles. The van der Waals surface area contributed by atoms with Crippen LogP contribution in [0.1, 0.15) is 6.92 Å². The summed E-state index contributed by atoms with van der Waals surface area (Å²) in [4.78, 5) is 25.1. The first-order valence-corrected chi connectivity index (χ1v) is 8.41. The Bertz CT molecular complexity index is 796. The highest BCUT2D eigenvalue weighted by Crippen LogP contribution is 2.27. The van der Waals surface area contributed by atoms with Gasteiger partial charge in [-0.25, -0.2) is 4.79 Å². The molecule has 0 aliphatic rings. The monoisotopic (exact) mass is 396 g/mol. The second-order valence-electron chi connectivity index (χ2n) is 5.40. The second-order valence-corrected chi connectivity index (χ2v) is 6.22. The van der Waals surface area contributed by atoms with Gasteiger partial charge in [-0.05, 0) is 43.3 Å². The van der Waals surface area contributed by atoms with Crippen molar-refractivity contribution in [2.45, 2.75) is 13.0 Å². The van der Waals surface area contributed by atoms with Crippen LogP contribution in [0.25, 0.3) is 0 Å². The summed E-state index contributed by atoms with van der Waals surface area (Å²) >= 11 is 11.8. The van der Waals surface area contributed by atoms with Crippen LogP contribution in [-0.2, 0) is 9.53 Å². The molecule has 2 amide bonds. The van der Waals surface area contributed by atoms with Crippen molar-refractivity contribution >= 4 is 46.6 Å². The second kappa shape index (κ2) is 8.78. The number of methoxy groups -OCH3 is 1. The normalized spacial score (nSPS) is 11.4. The zero-order valence-corrected chi connectivity index (χ0v) is 16.0. The highest BCUT2D eigenvalue weighted by molar-refractivity contribution is 6.42. The van der Waals surface area contributed by atoms with E-state index < -0.39 is 12.2 Å². The zero-order valence-electron chi connectivity index (χ0n) is 14.5. The molecule has 0 radical (unpaired) electrons. The molecule has 2 rings (SSSR count). The lowest BCUT2D eigenvalue weighted by atomic mass is 10.2. The van der Waals surface area contributed by atoms with Crippen LogP contribution in [-0.4, -0.2) is 32.3 Å². The Hall–Kier alpha value is -2.44. The summed E-state index contributed by atoms with van der Waals surface area (Å²) in [6.45, 7) is 1.62. The van der Waals surface area contributed by atoms with Gasteiger partial charge in [0.1, 0.15) is 5.75 Å². The number of carbonyl (C=O) groups is 2. The Balaban J connectivity index is 1.97. The molecule has 2 aromatic carbocycles. The molecule has 0 saturated heterocycles. The summed E-state index contributed by atoms with van der Waals surface area (Å²) < 4.78 is 10.2. The highest BCUT2D eigenvalue weighted by atomic mass is 35.5. The maximum absolute atomic E-state index is 12.3. The lowest BCUT2D eigenvalue weighted by molar-refractivity contribution is -0.122. The van der Waals surface area contributed by atoms with Gasteiger partial charge in [0, 0.05) is 24.5 Å². The van der Waals surface area contributed by atoms with Crippen LogP contribution in [0.4, 0.5) is 16.2 Å². The first kappa shape index (κ1) is 19.9. The predicted molar refractivity (Wildman–Crippen MR) is 102 cm³/mol. The first-order valence-electron chi connectivity index (χ1n) is 7.66. The first-order chi connectivity index (χ1) is 12.3. The van der Waals surface area contributed by atoms with E-state index in [-0.39, 0.29) is 5.91 Å². The number of carbonyl (C=O) groups excluding carboxylic acids is 2. The van der Waals surface area contributed by atoms with Crippen LogP contribution in [0.3, 0.4) is 0 Å². The van der Waals surface area contributed by atoms with Crippen molar-refractivity contribution < 1.29 is 19.1 Å². The maximum atomic E-state index is 12.3. The summed E-state index contributed by atoms with van der Waals surface area (Å²) in [6, 6.07) is 11.5. The molecule has 0 aliphatic heterocycles. The van der Waals surface area contributed by atoms with Crippen molar-refractivity contribution in [2.75, 3.05) is 24.4 Å². The molecule has 1 N–H and O–H groups in total. The summed E-state index contributed by atoms with van der Waals surface area (Å²) in [6.07, 6.45) is -1.23. The third kappa shape index (κ3) is 5.03. The van der Waals surface area contributed by atoms with Crippen molar-refractivity contribution in [1.29, 1.82) is 0 Å². The molecular formula is C18H18Cl2N2O4. The van der Waals surface area contributed by atoms with Gasteiger partial charge < -0.3 is 14.8 Å². The smallest absolute Gasteiger partial charge is 0.413 e. The Morgan fingerprint density at radius 3 is 2.31 bits per heavy atom. The molecule has 138 valence electrons. The van der Waals surface area contributed by atoms with Crippen LogP contribution >= 0.6 is 23.2 Å². The molecule has 0 fully saturated rings. The van der Waals surface area contributed by atoms with Crippen LogP contribution < -0.4 is 15.0 Å².